The van der Waals surface area contributed by atoms with E-state index in [1.165, 1.54) is 5.56 Å². The zero-order chi connectivity index (χ0) is 15.9. The minimum Gasteiger partial charge on any atom is -0.351 e. The van der Waals surface area contributed by atoms with Crippen LogP contribution in [-0.2, 0) is 5.41 Å². The van der Waals surface area contributed by atoms with Gasteiger partial charge in [-0.2, -0.15) is 5.10 Å². The molecule has 23 heavy (non-hydrogen) atoms. The Morgan fingerprint density at radius 2 is 2.00 bits per heavy atom. The van der Waals surface area contributed by atoms with Gasteiger partial charge in [0, 0.05) is 22.9 Å². The molecule has 0 atom stereocenters. The van der Waals surface area contributed by atoms with Crippen LogP contribution in [0, 0.1) is 3.70 Å². The molecule has 4 nitrogen and oxygen atoms in total. The number of carbonyl (C=O) groups is 1. The molecule has 1 amide bonds. The minimum atomic E-state index is -0.0221. The molecular formula is C18H16IN3O. The Morgan fingerprint density at radius 1 is 1.22 bits per heavy atom. The first-order valence-corrected chi connectivity index (χ1v) is 8.73. The number of carbonyl (C=O) groups excluding carboxylic acids is 1. The van der Waals surface area contributed by atoms with Gasteiger partial charge in [-0.1, -0.05) is 30.3 Å². The fourth-order valence-electron chi connectivity index (χ4n) is 2.98. The summed E-state index contributed by atoms with van der Waals surface area (Å²) < 4.78 is 0.884. The smallest absolute Gasteiger partial charge is 0.251 e. The molecule has 0 spiro atoms. The summed E-state index contributed by atoms with van der Waals surface area (Å²) in [5, 5.41) is 11.2. The normalized spacial score (nSPS) is 15.5. The summed E-state index contributed by atoms with van der Waals surface area (Å²) in [6.07, 6.45) is 2.27. The SMILES string of the molecule is O=C(NCC1(c2ccccc2)CC1)c1ccc2[nH]nc(I)c2c1. The van der Waals surface area contributed by atoms with E-state index >= 15 is 0 Å². The molecule has 1 heterocycles. The van der Waals surface area contributed by atoms with Crippen molar-refractivity contribution in [3.8, 4) is 0 Å². The first kappa shape index (κ1) is 14.7. The van der Waals surface area contributed by atoms with E-state index in [2.05, 4.69) is 62.4 Å². The van der Waals surface area contributed by atoms with E-state index in [0.29, 0.717) is 12.1 Å². The van der Waals surface area contributed by atoms with Crippen molar-refractivity contribution in [2.75, 3.05) is 6.54 Å². The summed E-state index contributed by atoms with van der Waals surface area (Å²) in [5.41, 5.74) is 3.08. The Bertz CT molecular complexity index is 868. The Hall–Kier alpha value is -1.89. The number of amides is 1. The quantitative estimate of drug-likeness (QED) is 0.638. The topological polar surface area (TPSA) is 57.8 Å². The van der Waals surface area contributed by atoms with Gasteiger partial charge >= 0.3 is 0 Å². The van der Waals surface area contributed by atoms with Crippen LogP contribution in [0.15, 0.2) is 48.5 Å². The predicted octanol–water partition coefficient (Wildman–Crippen LogP) is 3.63. The Morgan fingerprint density at radius 3 is 2.74 bits per heavy atom. The molecule has 0 bridgehead atoms. The highest BCUT2D eigenvalue weighted by molar-refractivity contribution is 14.1. The number of rotatable bonds is 4. The second kappa shape index (κ2) is 5.63. The van der Waals surface area contributed by atoms with Crippen LogP contribution in [0.2, 0.25) is 0 Å². The molecule has 4 rings (SSSR count). The van der Waals surface area contributed by atoms with Gasteiger partial charge in [0.15, 0.2) is 0 Å². The van der Waals surface area contributed by atoms with Gasteiger partial charge in [0.2, 0.25) is 0 Å². The molecule has 1 aliphatic carbocycles. The number of benzene rings is 2. The van der Waals surface area contributed by atoms with E-state index in [-0.39, 0.29) is 11.3 Å². The number of nitrogens with zero attached hydrogens (tertiary/aromatic N) is 1. The molecular weight excluding hydrogens is 401 g/mol. The van der Waals surface area contributed by atoms with E-state index in [4.69, 9.17) is 0 Å². The van der Waals surface area contributed by atoms with Crippen molar-refractivity contribution in [1.29, 1.82) is 0 Å². The largest absolute Gasteiger partial charge is 0.351 e. The molecule has 1 aliphatic rings. The first-order chi connectivity index (χ1) is 11.2. The third kappa shape index (κ3) is 2.73. The zero-order valence-electron chi connectivity index (χ0n) is 12.5. The number of aromatic amines is 1. The maximum Gasteiger partial charge on any atom is 0.251 e. The van der Waals surface area contributed by atoms with Gasteiger partial charge in [-0.25, -0.2) is 0 Å². The maximum absolute atomic E-state index is 12.5. The van der Waals surface area contributed by atoms with E-state index in [9.17, 15) is 4.79 Å². The van der Waals surface area contributed by atoms with E-state index in [1.807, 2.05) is 24.3 Å². The minimum absolute atomic E-state index is 0.0221. The van der Waals surface area contributed by atoms with Crippen LogP contribution in [-0.4, -0.2) is 22.6 Å². The molecule has 2 N–H and O–H groups in total. The summed E-state index contributed by atoms with van der Waals surface area (Å²) in [5.74, 6) is -0.0221. The fraction of sp³-hybridized carbons (Fsp3) is 0.222. The second-order valence-electron chi connectivity index (χ2n) is 6.10. The lowest BCUT2D eigenvalue weighted by Crippen LogP contribution is -2.32. The van der Waals surface area contributed by atoms with Crippen LogP contribution in [0.1, 0.15) is 28.8 Å². The first-order valence-electron chi connectivity index (χ1n) is 7.65. The fourth-order valence-corrected chi connectivity index (χ4v) is 3.55. The summed E-state index contributed by atoms with van der Waals surface area (Å²) in [7, 11) is 0. The molecule has 0 unspecified atom stereocenters. The van der Waals surface area contributed by atoms with Gasteiger partial charge in [-0.3, -0.25) is 9.89 Å². The van der Waals surface area contributed by atoms with E-state index < -0.39 is 0 Å². The van der Waals surface area contributed by atoms with Crippen molar-refractivity contribution in [3.05, 3.63) is 63.4 Å². The monoisotopic (exact) mass is 417 g/mol. The van der Waals surface area contributed by atoms with Crippen molar-refractivity contribution < 1.29 is 4.79 Å². The van der Waals surface area contributed by atoms with Crippen LogP contribution in [0.4, 0.5) is 0 Å². The van der Waals surface area contributed by atoms with Crippen LogP contribution in [0.5, 0.6) is 0 Å². The van der Waals surface area contributed by atoms with Gasteiger partial charge in [-0.05, 0) is 59.2 Å². The average Bonchev–Trinajstić information content (AvgIpc) is 3.31. The van der Waals surface area contributed by atoms with Crippen LogP contribution in [0.3, 0.4) is 0 Å². The van der Waals surface area contributed by atoms with Gasteiger partial charge < -0.3 is 5.32 Å². The number of hydrogen-bond acceptors (Lipinski definition) is 2. The molecule has 1 aromatic heterocycles. The van der Waals surface area contributed by atoms with Crippen LogP contribution in [0.25, 0.3) is 10.9 Å². The summed E-state index contributed by atoms with van der Waals surface area (Å²) >= 11 is 2.17. The lowest BCUT2D eigenvalue weighted by molar-refractivity contribution is 0.0950. The van der Waals surface area contributed by atoms with Crippen molar-refractivity contribution in [2.24, 2.45) is 0 Å². The molecule has 0 radical (unpaired) electrons. The number of hydrogen-bond donors (Lipinski definition) is 2. The van der Waals surface area contributed by atoms with E-state index in [0.717, 1.165) is 27.4 Å². The molecule has 5 heteroatoms. The van der Waals surface area contributed by atoms with Crippen molar-refractivity contribution in [1.82, 2.24) is 15.5 Å². The molecule has 2 aromatic carbocycles. The number of halogens is 1. The summed E-state index contributed by atoms with van der Waals surface area (Å²) in [6.45, 7) is 0.691. The number of nitrogens with one attached hydrogen (secondary N) is 2. The summed E-state index contributed by atoms with van der Waals surface area (Å²) in [6, 6.07) is 16.1. The summed E-state index contributed by atoms with van der Waals surface area (Å²) in [4.78, 5) is 12.5. The third-order valence-corrected chi connectivity index (χ3v) is 5.43. The third-order valence-electron chi connectivity index (χ3n) is 4.61. The number of aromatic nitrogens is 2. The van der Waals surface area contributed by atoms with Gasteiger partial charge in [0.25, 0.3) is 5.91 Å². The lowest BCUT2D eigenvalue weighted by Gasteiger charge is -2.16. The van der Waals surface area contributed by atoms with Crippen LogP contribution < -0.4 is 5.32 Å². The molecule has 116 valence electrons. The highest BCUT2D eigenvalue weighted by atomic mass is 127. The van der Waals surface area contributed by atoms with Crippen molar-refractivity contribution in [2.45, 2.75) is 18.3 Å². The number of fused-ring (bicyclic) bond motifs is 1. The lowest BCUT2D eigenvalue weighted by atomic mass is 9.96. The highest BCUT2D eigenvalue weighted by Gasteiger charge is 2.44. The van der Waals surface area contributed by atoms with E-state index in [1.54, 1.807) is 0 Å². The van der Waals surface area contributed by atoms with Gasteiger partial charge in [-0.15, -0.1) is 0 Å². The van der Waals surface area contributed by atoms with Crippen LogP contribution >= 0.6 is 22.6 Å². The molecule has 0 aliphatic heterocycles. The Balaban J connectivity index is 1.50. The molecule has 0 saturated heterocycles. The molecule has 1 fully saturated rings. The molecule has 1 saturated carbocycles. The maximum atomic E-state index is 12.5. The highest BCUT2D eigenvalue weighted by Crippen LogP contribution is 2.47. The standard InChI is InChI=1S/C18H16IN3O/c19-16-14-10-12(6-7-15(14)21-22-16)17(23)20-11-18(8-9-18)13-4-2-1-3-5-13/h1-7,10H,8-9,11H2,(H,20,23)(H,21,22). The van der Waals surface area contributed by atoms with Crippen molar-refractivity contribution in [3.63, 3.8) is 0 Å². The average molecular weight is 417 g/mol. The number of H-pyrrole nitrogens is 1. The predicted molar refractivity (Wildman–Crippen MR) is 98.5 cm³/mol. The molecule has 3 aromatic rings. The van der Waals surface area contributed by atoms with Gasteiger partial charge in [0.05, 0.1) is 5.52 Å². The van der Waals surface area contributed by atoms with Crippen molar-refractivity contribution >= 4 is 39.4 Å². The second-order valence-corrected chi connectivity index (χ2v) is 7.13. The Kier molecular flexibility index (Phi) is 3.60. The Labute approximate surface area is 147 Å². The van der Waals surface area contributed by atoms with Gasteiger partial charge in [0.1, 0.15) is 3.70 Å². The zero-order valence-corrected chi connectivity index (χ0v) is 14.6.